The highest BCUT2D eigenvalue weighted by molar-refractivity contribution is 5.84. The Morgan fingerprint density at radius 1 is 1.11 bits per heavy atom. The molecule has 0 spiro atoms. The molecule has 1 atom stereocenters. The molecule has 2 heterocycles. The molecule has 2 aromatic rings. The number of fused-ring (bicyclic) bond motifs is 1. The lowest BCUT2D eigenvalue weighted by Gasteiger charge is -2.25. The smallest absolute Gasteiger partial charge is 0.326 e. The zero-order valence-electron chi connectivity index (χ0n) is 21.5. The second-order valence-electron chi connectivity index (χ2n) is 9.64. The molecule has 1 aromatic carbocycles. The number of pyridine rings is 1. The van der Waals surface area contributed by atoms with E-state index in [9.17, 15) is 14.7 Å². The van der Waals surface area contributed by atoms with Gasteiger partial charge >= 0.3 is 5.97 Å². The van der Waals surface area contributed by atoms with Gasteiger partial charge in [-0.05, 0) is 68.8 Å². The van der Waals surface area contributed by atoms with Crippen LogP contribution in [-0.2, 0) is 22.4 Å². The van der Waals surface area contributed by atoms with Gasteiger partial charge < -0.3 is 20.5 Å². The highest BCUT2D eigenvalue weighted by Crippen LogP contribution is 2.20. The van der Waals surface area contributed by atoms with Gasteiger partial charge in [0, 0.05) is 31.2 Å². The number of benzene rings is 1. The minimum Gasteiger partial charge on any atom is -0.492 e. The van der Waals surface area contributed by atoms with E-state index < -0.39 is 12.0 Å². The number of amides is 1. The van der Waals surface area contributed by atoms with Crippen molar-refractivity contribution in [1.82, 2.24) is 15.2 Å². The van der Waals surface area contributed by atoms with Crippen LogP contribution in [-0.4, -0.2) is 65.7 Å². The molecule has 0 fully saturated rings. The van der Waals surface area contributed by atoms with Crippen LogP contribution < -0.4 is 15.4 Å². The third kappa shape index (κ3) is 9.15. The number of aliphatic carboxylic acids is 1. The Kier molecular flexibility index (Phi) is 11.0. The molecule has 0 bridgehead atoms. The van der Waals surface area contributed by atoms with E-state index >= 15 is 0 Å². The fourth-order valence-electron chi connectivity index (χ4n) is 4.20. The van der Waals surface area contributed by atoms with E-state index in [0.29, 0.717) is 26.1 Å². The van der Waals surface area contributed by atoms with Crippen molar-refractivity contribution in [3.63, 3.8) is 0 Å². The summed E-state index contributed by atoms with van der Waals surface area (Å²) < 4.78 is 5.87. The van der Waals surface area contributed by atoms with Crippen molar-refractivity contribution >= 4 is 17.7 Å². The van der Waals surface area contributed by atoms with Crippen LogP contribution in [0.4, 0.5) is 5.82 Å². The topological polar surface area (TPSA) is 104 Å². The molecule has 8 nitrogen and oxygen atoms in total. The number of nitrogens with one attached hydrogen (secondary N) is 2. The van der Waals surface area contributed by atoms with Crippen LogP contribution in [0.3, 0.4) is 0 Å². The van der Waals surface area contributed by atoms with Crippen LogP contribution in [0.5, 0.6) is 5.75 Å². The fourth-order valence-corrected chi connectivity index (χ4v) is 4.20. The number of nitrogens with zero attached hydrogens (tertiary/aromatic N) is 2. The number of hydrogen-bond donors (Lipinski definition) is 3. The van der Waals surface area contributed by atoms with Crippen LogP contribution >= 0.6 is 0 Å². The lowest BCUT2D eigenvalue weighted by atomic mass is 10.1. The number of para-hydroxylation sites is 1. The van der Waals surface area contributed by atoms with Crippen LogP contribution in [0.2, 0.25) is 0 Å². The summed E-state index contributed by atoms with van der Waals surface area (Å²) in [6, 6.07) is 13.1. The standard InChI is InChI=1S/C28H40N4O4/c1-21(2)27(33)31-25(28(34)35)15-18-32(19-20-36-24-11-4-3-5-12-24)17-7-6-10-23-14-13-22-9-8-16-29-26(22)30-23/h3-5,11-14,21,25H,6-10,15-20H2,1-2H3,(H,29,30)(H,31,33)(H,34,35). The second kappa shape index (κ2) is 14.4. The van der Waals surface area contributed by atoms with Gasteiger partial charge in [-0.2, -0.15) is 0 Å². The van der Waals surface area contributed by atoms with Gasteiger partial charge in [0.2, 0.25) is 5.91 Å². The Labute approximate surface area is 214 Å². The summed E-state index contributed by atoms with van der Waals surface area (Å²) in [5.41, 5.74) is 2.40. The van der Waals surface area contributed by atoms with E-state index in [0.717, 1.165) is 62.5 Å². The van der Waals surface area contributed by atoms with Crippen molar-refractivity contribution in [3.05, 3.63) is 53.7 Å². The summed E-state index contributed by atoms with van der Waals surface area (Å²) in [7, 11) is 0. The zero-order valence-corrected chi connectivity index (χ0v) is 21.5. The highest BCUT2D eigenvalue weighted by atomic mass is 16.5. The van der Waals surface area contributed by atoms with Gasteiger partial charge in [0.15, 0.2) is 0 Å². The lowest BCUT2D eigenvalue weighted by Crippen LogP contribution is -2.45. The number of carboxylic acids is 1. The normalized spacial score (nSPS) is 13.7. The molecule has 1 aliphatic rings. The zero-order chi connectivity index (χ0) is 25.8. The Balaban J connectivity index is 1.50. The van der Waals surface area contributed by atoms with Gasteiger partial charge in [-0.15, -0.1) is 0 Å². The number of carbonyl (C=O) groups is 2. The maximum Gasteiger partial charge on any atom is 0.326 e. The Morgan fingerprint density at radius 2 is 1.92 bits per heavy atom. The highest BCUT2D eigenvalue weighted by Gasteiger charge is 2.22. The first-order chi connectivity index (χ1) is 17.4. The first-order valence-corrected chi connectivity index (χ1v) is 13.1. The summed E-state index contributed by atoms with van der Waals surface area (Å²) in [5.74, 6) is 0.346. The van der Waals surface area contributed by atoms with Gasteiger partial charge in [-0.1, -0.05) is 38.1 Å². The van der Waals surface area contributed by atoms with Crippen molar-refractivity contribution < 1.29 is 19.4 Å². The molecule has 3 N–H and O–H groups in total. The summed E-state index contributed by atoms with van der Waals surface area (Å²) in [5, 5.41) is 15.6. The predicted molar refractivity (Wildman–Crippen MR) is 141 cm³/mol. The SMILES string of the molecule is CC(C)C(=O)NC(CCN(CCCCc1ccc2c(n1)NCCC2)CCOc1ccccc1)C(=O)O. The van der Waals surface area contributed by atoms with Crippen LogP contribution in [0.15, 0.2) is 42.5 Å². The van der Waals surface area contributed by atoms with Crippen molar-refractivity contribution in [3.8, 4) is 5.75 Å². The van der Waals surface area contributed by atoms with Crippen molar-refractivity contribution in [2.24, 2.45) is 5.92 Å². The largest absolute Gasteiger partial charge is 0.492 e. The molecule has 0 aliphatic carbocycles. The number of unbranched alkanes of at least 4 members (excludes halogenated alkanes) is 1. The van der Waals surface area contributed by atoms with Crippen LogP contribution in [0, 0.1) is 5.92 Å². The molecular weight excluding hydrogens is 456 g/mol. The van der Waals surface area contributed by atoms with Crippen molar-refractivity contribution in [2.45, 2.75) is 58.4 Å². The molecule has 0 saturated heterocycles. The number of hydrogen-bond acceptors (Lipinski definition) is 6. The molecule has 8 heteroatoms. The Hall–Kier alpha value is -3.13. The number of aryl methyl sites for hydroxylation is 2. The van der Waals surface area contributed by atoms with Gasteiger partial charge in [-0.25, -0.2) is 9.78 Å². The molecule has 36 heavy (non-hydrogen) atoms. The maximum atomic E-state index is 12.0. The van der Waals surface area contributed by atoms with Crippen molar-refractivity contribution in [2.75, 3.05) is 38.1 Å². The molecule has 3 rings (SSSR count). The molecule has 196 valence electrons. The van der Waals surface area contributed by atoms with E-state index in [-0.39, 0.29) is 11.8 Å². The second-order valence-corrected chi connectivity index (χ2v) is 9.64. The van der Waals surface area contributed by atoms with Gasteiger partial charge in [-0.3, -0.25) is 9.69 Å². The maximum absolute atomic E-state index is 12.0. The number of ether oxygens (including phenoxy) is 1. The summed E-state index contributed by atoms with van der Waals surface area (Å²) in [4.78, 5) is 30.8. The Morgan fingerprint density at radius 3 is 2.67 bits per heavy atom. The summed E-state index contributed by atoms with van der Waals surface area (Å²) in [6.07, 6.45) is 5.46. The first-order valence-electron chi connectivity index (χ1n) is 13.1. The van der Waals surface area contributed by atoms with E-state index in [1.54, 1.807) is 13.8 Å². The quantitative estimate of drug-likeness (QED) is 0.323. The third-order valence-electron chi connectivity index (χ3n) is 6.40. The van der Waals surface area contributed by atoms with Crippen LogP contribution in [0.1, 0.15) is 50.8 Å². The van der Waals surface area contributed by atoms with Gasteiger partial charge in [0.25, 0.3) is 0 Å². The summed E-state index contributed by atoms with van der Waals surface area (Å²) >= 11 is 0. The minimum atomic E-state index is -1.00. The fraction of sp³-hybridized carbons (Fsp3) is 0.536. The molecule has 0 saturated carbocycles. The van der Waals surface area contributed by atoms with Gasteiger partial charge in [0.05, 0.1) is 0 Å². The monoisotopic (exact) mass is 496 g/mol. The molecule has 1 unspecified atom stereocenters. The number of carbonyl (C=O) groups excluding carboxylic acids is 1. The van der Waals surface area contributed by atoms with Gasteiger partial charge in [0.1, 0.15) is 24.2 Å². The number of carboxylic acid groups (broad SMARTS) is 1. The lowest BCUT2D eigenvalue weighted by molar-refractivity contribution is -0.142. The molecule has 1 amide bonds. The third-order valence-corrected chi connectivity index (χ3v) is 6.40. The molecular formula is C28H40N4O4. The van der Waals surface area contributed by atoms with E-state index in [2.05, 4.69) is 27.7 Å². The number of aromatic nitrogens is 1. The molecule has 1 aliphatic heterocycles. The Bertz CT molecular complexity index is 967. The van der Waals surface area contributed by atoms with Crippen molar-refractivity contribution in [1.29, 1.82) is 0 Å². The van der Waals surface area contributed by atoms with E-state index in [1.165, 1.54) is 5.56 Å². The molecule has 0 radical (unpaired) electrons. The van der Waals surface area contributed by atoms with E-state index in [4.69, 9.17) is 9.72 Å². The predicted octanol–water partition coefficient (Wildman–Crippen LogP) is 3.76. The number of anilines is 1. The van der Waals surface area contributed by atoms with Crippen LogP contribution in [0.25, 0.3) is 0 Å². The minimum absolute atomic E-state index is 0.242. The molecule has 1 aromatic heterocycles. The number of rotatable bonds is 15. The first kappa shape index (κ1) is 27.5. The average Bonchev–Trinajstić information content (AvgIpc) is 2.88. The summed E-state index contributed by atoms with van der Waals surface area (Å²) in [6.45, 7) is 7.08. The average molecular weight is 497 g/mol. The van der Waals surface area contributed by atoms with E-state index in [1.807, 2.05) is 30.3 Å².